The molecule has 7 heteroatoms. The number of rotatable bonds is 6. The Morgan fingerprint density at radius 3 is 3.06 bits per heavy atom. The van der Waals surface area contributed by atoms with Crippen molar-refractivity contribution in [1.29, 1.82) is 0 Å². The topological polar surface area (TPSA) is 58.0 Å². The van der Waals surface area contributed by atoms with Crippen molar-refractivity contribution in [1.82, 2.24) is 10.2 Å². The highest BCUT2D eigenvalue weighted by Gasteiger charge is 2.04. The first-order valence-electron chi connectivity index (χ1n) is 5.37. The Morgan fingerprint density at radius 2 is 2.28 bits per heavy atom. The third kappa shape index (κ3) is 4.24. The second-order valence-corrected chi connectivity index (χ2v) is 6.67. The molecule has 0 unspecified atom stereocenters. The predicted octanol–water partition coefficient (Wildman–Crippen LogP) is 3.52. The van der Waals surface area contributed by atoms with Gasteiger partial charge >= 0.3 is 0 Å². The first-order valence-corrected chi connectivity index (χ1v) is 7.97. The van der Waals surface area contributed by atoms with Crippen LogP contribution in [-0.4, -0.2) is 27.7 Å². The lowest BCUT2D eigenvalue weighted by Crippen LogP contribution is -1.88. The fourth-order valence-electron chi connectivity index (χ4n) is 1.23. The van der Waals surface area contributed by atoms with E-state index in [1.165, 1.54) is 11.3 Å². The Kier molecular flexibility index (Phi) is 5.43. The quantitative estimate of drug-likeness (QED) is 0.619. The summed E-state index contributed by atoms with van der Waals surface area (Å²) in [6, 6.07) is 7.90. The van der Waals surface area contributed by atoms with Gasteiger partial charge in [-0.2, -0.15) is 0 Å². The fourth-order valence-corrected chi connectivity index (χ4v) is 3.40. The lowest BCUT2D eigenvalue weighted by molar-refractivity contribution is 0.296. The second kappa shape index (κ2) is 7.08. The molecule has 0 amide bonds. The van der Waals surface area contributed by atoms with E-state index in [0.29, 0.717) is 0 Å². The van der Waals surface area contributed by atoms with Crippen molar-refractivity contribution in [3.63, 3.8) is 0 Å². The monoisotopic (exact) mass is 345 g/mol. The van der Waals surface area contributed by atoms with Crippen LogP contribution in [0.15, 0.2) is 33.1 Å². The zero-order valence-corrected chi connectivity index (χ0v) is 12.7. The molecular weight excluding hydrogens is 334 g/mol. The Morgan fingerprint density at radius 1 is 1.39 bits per heavy atom. The van der Waals surface area contributed by atoms with Gasteiger partial charge in [0.05, 0.1) is 0 Å². The predicted molar refractivity (Wildman–Crippen MR) is 79.8 cm³/mol. The maximum Gasteiger partial charge on any atom is 0.210 e. The molecule has 0 radical (unpaired) electrons. The lowest BCUT2D eigenvalue weighted by Gasteiger charge is -2.01. The van der Waals surface area contributed by atoms with E-state index in [1.54, 1.807) is 11.8 Å². The number of benzene rings is 1. The van der Waals surface area contributed by atoms with Crippen LogP contribution in [0.5, 0.6) is 0 Å². The molecule has 2 N–H and O–H groups in total. The van der Waals surface area contributed by atoms with Gasteiger partial charge in [-0.1, -0.05) is 45.1 Å². The van der Waals surface area contributed by atoms with Crippen molar-refractivity contribution in [3.05, 3.63) is 28.7 Å². The van der Waals surface area contributed by atoms with E-state index >= 15 is 0 Å². The number of aromatic nitrogens is 2. The van der Waals surface area contributed by atoms with E-state index in [9.17, 15) is 0 Å². The molecule has 4 nitrogen and oxygen atoms in total. The van der Waals surface area contributed by atoms with Crippen molar-refractivity contribution >= 4 is 49.8 Å². The van der Waals surface area contributed by atoms with Gasteiger partial charge in [-0.15, -0.1) is 10.2 Å². The number of anilines is 2. The second-order valence-electron chi connectivity index (χ2n) is 3.43. The molecule has 0 saturated heterocycles. The highest BCUT2D eigenvalue weighted by molar-refractivity contribution is 9.10. The van der Waals surface area contributed by atoms with Gasteiger partial charge in [0.25, 0.3) is 0 Å². The van der Waals surface area contributed by atoms with Gasteiger partial charge in [0.15, 0.2) is 4.34 Å². The Balaban J connectivity index is 1.94. The Labute approximate surface area is 122 Å². The van der Waals surface area contributed by atoms with Crippen LogP contribution in [0.1, 0.15) is 6.42 Å². The van der Waals surface area contributed by atoms with Crippen LogP contribution in [0.2, 0.25) is 0 Å². The fraction of sp³-hybridized carbons (Fsp3) is 0.273. The summed E-state index contributed by atoms with van der Waals surface area (Å²) in [5, 5.41) is 20.9. The summed E-state index contributed by atoms with van der Waals surface area (Å²) in [5.41, 5.74) is 0.979. The molecule has 0 aliphatic rings. The number of hydrogen-bond donors (Lipinski definition) is 2. The minimum atomic E-state index is 0.217. The maximum atomic E-state index is 8.71. The molecule has 0 bridgehead atoms. The number of aliphatic hydroxyl groups is 1. The van der Waals surface area contributed by atoms with Gasteiger partial charge in [-0.25, -0.2) is 0 Å². The van der Waals surface area contributed by atoms with Crippen LogP contribution in [0.25, 0.3) is 0 Å². The Hall–Kier alpha value is -0.630. The molecule has 0 atom stereocenters. The Bertz CT molecular complexity index is 507. The van der Waals surface area contributed by atoms with Crippen molar-refractivity contribution in [2.45, 2.75) is 10.8 Å². The van der Waals surface area contributed by atoms with Gasteiger partial charge in [-0.3, -0.25) is 0 Å². The number of hydrogen-bond acceptors (Lipinski definition) is 6. The largest absolute Gasteiger partial charge is 0.396 e. The van der Waals surface area contributed by atoms with Crippen LogP contribution in [-0.2, 0) is 0 Å². The lowest BCUT2D eigenvalue weighted by atomic mass is 10.3. The number of nitrogens with one attached hydrogen (secondary N) is 1. The van der Waals surface area contributed by atoms with Crippen molar-refractivity contribution in [2.75, 3.05) is 17.7 Å². The van der Waals surface area contributed by atoms with Crippen LogP contribution in [0.4, 0.5) is 10.8 Å². The molecule has 0 aliphatic carbocycles. The van der Waals surface area contributed by atoms with Crippen LogP contribution in [0, 0.1) is 0 Å². The van der Waals surface area contributed by atoms with Crippen molar-refractivity contribution in [3.8, 4) is 0 Å². The normalized spacial score (nSPS) is 10.6. The molecule has 2 aromatic rings. The molecule has 1 aromatic heterocycles. The molecule has 2 rings (SSSR count). The molecular formula is C11H12BrN3OS2. The summed E-state index contributed by atoms with van der Waals surface area (Å²) in [7, 11) is 0. The van der Waals surface area contributed by atoms with E-state index in [4.69, 9.17) is 5.11 Å². The molecule has 96 valence electrons. The number of aliphatic hydroxyl groups excluding tert-OH is 1. The van der Waals surface area contributed by atoms with E-state index in [1.807, 2.05) is 24.3 Å². The molecule has 1 heterocycles. The number of halogens is 1. The summed E-state index contributed by atoms with van der Waals surface area (Å²) >= 11 is 6.55. The van der Waals surface area contributed by atoms with Crippen LogP contribution < -0.4 is 5.32 Å². The molecule has 0 saturated carbocycles. The first kappa shape index (κ1) is 13.8. The summed E-state index contributed by atoms with van der Waals surface area (Å²) < 4.78 is 1.94. The van der Waals surface area contributed by atoms with Gasteiger partial charge in [-0.05, 0) is 24.6 Å². The van der Waals surface area contributed by atoms with Gasteiger partial charge in [0, 0.05) is 22.5 Å². The minimum Gasteiger partial charge on any atom is -0.396 e. The highest BCUT2D eigenvalue weighted by Crippen LogP contribution is 2.28. The first-order chi connectivity index (χ1) is 8.78. The molecule has 0 aliphatic heterocycles. The zero-order valence-electron chi connectivity index (χ0n) is 9.47. The van der Waals surface area contributed by atoms with E-state index in [2.05, 4.69) is 31.4 Å². The van der Waals surface area contributed by atoms with Crippen molar-refractivity contribution in [2.24, 2.45) is 0 Å². The third-order valence-corrected chi connectivity index (χ3v) is 4.56. The smallest absolute Gasteiger partial charge is 0.210 e. The van der Waals surface area contributed by atoms with Gasteiger partial charge < -0.3 is 10.4 Å². The number of thioether (sulfide) groups is 1. The van der Waals surface area contributed by atoms with E-state index in [-0.39, 0.29) is 6.61 Å². The zero-order chi connectivity index (χ0) is 12.8. The summed E-state index contributed by atoms with van der Waals surface area (Å²) in [5.74, 6) is 0.863. The maximum absolute atomic E-state index is 8.71. The molecule has 18 heavy (non-hydrogen) atoms. The van der Waals surface area contributed by atoms with Gasteiger partial charge in [0.2, 0.25) is 5.13 Å². The SMILES string of the molecule is OCCCSc1nnc(Nc2cccc(Br)c2)s1. The van der Waals surface area contributed by atoms with E-state index < -0.39 is 0 Å². The standard InChI is InChI=1S/C11H12BrN3OS2/c12-8-3-1-4-9(7-8)13-10-14-15-11(18-10)17-6-2-5-16/h1,3-4,7,16H,2,5-6H2,(H,13,14). The molecule has 0 spiro atoms. The average molecular weight is 346 g/mol. The highest BCUT2D eigenvalue weighted by atomic mass is 79.9. The van der Waals surface area contributed by atoms with E-state index in [0.717, 1.165) is 31.8 Å². The molecule has 1 aromatic carbocycles. The average Bonchev–Trinajstić information content (AvgIpc) is 2.77. The number of nitrogens with zero attached hydrogens (tertiary/aromatic N) is 2. The molecule has 0 fully saturated rings. The summed E-state index contributed by atoms with van der Waals surface area (Å²) in [6.07, 6.45) is 0.776. The van der Waals surface area contributed by atoms with Crippen molar-refractivity contribution < 1.29 is 5.11 Å². The van der Waals surface area contributed by atoms with Gasteiger partial charge in [0.1, 0.15) is 0 Å². The third-order valence-electron chi connectivity index (χ3n) is 2.01. The summed E-state index contributed by atoms with van der Waals surface area (Å²) in [6.45, 7) is 0.217. The van der Waals surface area contributed by atoms with Crippen LogP contribution >= 0.6 is 39.0 Å². The minimum absolute atomic E-state index is 0.217. The summed E-state index contributed by atoms with van der Waals surface area (Å²) in [4.78, 5) is 0. The van der Waals surface area contributed by atoms with Crippen LogP contribution in [0.3, 0.4) is 0 Å².